The minimum Gasteiger partial charge on any atom is -0.281 e. The molecule has 1 aromatic rings. The van der Waals surface area contributed by atoms with Gasteiger partial charge in [-0.15, -0.1) is 0 Å². The quantitative estimate of drug-likeness (QED) is 0.658. The highest BCUT2D eigenvalue weighted by Gasteiger charge is 2.39. The maximum Gasteiger partial charge on any atom is 0.406 e. The van der Waals surface area contributed by atoms with Gasteiger partial charge in [-0.05, 0) is 24.6 Å². The second-order valence-electron chi connectivity index (χ2n) is 5.33. The number of amides is 1. The average molecular weight is 436 g/mol. The van der Waals surface area contributed by atoms with E-state index in [-0.39, 0.29) is 11.3 Å². The molecule has 1 amide bonds. The Balaban J connectivity index is 2.43. The van der Waals surface area contributed by atoms with Crippen molar-refractivity contribution >= 4 is 39.3 Å². The van der Waals surface area contributed by atoms with Gasteiger partial charge in [0.2, 0.25) is 11.4 Å². The maximum atomic E-state index is 14.1. The van der Waals surface area contributed by atoms with E-state index in [1.165, 1.54) is 6.92 Å². The van der Waals surface area contributed by atoms with Crippen LogP contribution in [0.15, 0.2) is 22.0 Å². The smallest absolute Gasteiger partial charge is 0.281 e. The summed E-state index contributed by atoms with van der Waals surface area (Å²) in [4.78, 5) is 15.0. The molecule has 13 heteroatoms. The number of amidine groups is 1. The average Bonchev–Trinajstić information content (AvgIpc) is 2.87. The van der Waals surface area contributed by atoms with Crippen LogP contribution in [-0.4, -0.2) is 50.6 Å². The van der Waals surface area contributed by atoms with Crippen molar-refractivity contribution in [3.8, 4) is 0 Å². The predicted octanol–water partition coefficient (Wildman–Crippen LogP) is 3.93. The minimum absolute atomic E-state index is 0.0969. The number of hydrogen-bond donors (Lipinski definition) is 0. The lowest BCUT2D eigenvalue weighted by Crippen LogP contribution is -2.38. The third-order valence-corrected chi connectivity index (χ3v) is 5.72. The Kier molecular flexibility index (Phi) is 6.55. The molecule has 4 nitrogen and oxygen atoms in total. The van der Waals surface area contributed by atoms with Gasteiger partial charge >= 0.3 is 6.18 Å². The van der Waals surface area contributed by atoms with Crippen LogP contribution in [0.2, 0.25) is 0 Å². The van der Waals surface area contributed by atoms with Crippen LogP contribution in [0.25, 0.3) is 0 Å². The van der Waals surface area contributed by atoms with E-state index in [1.54, 1.807) is 0 Å². The summed E-state index contributed by atoms with van der Waals surface area (Å²) in [5.74, 6) is -2.30. The number of aryl methyl sites for hydroxylation is 1. The first-order chi connectivity index (χ1) is 12.4. The van der Waals surface area contributed by atoms with Crippen molar-refractivity contribution in [3.63, 3.8) is 0 Å². The minimum atomic E-state index is -4.72. The summed E-state index contributed by atoms with van der Waals surface area (Å²) in [5, 5.41) is -0.456. The number of carbonyl (C=O) groups is 1. The van der Waals surface area contributed by atoms with Crippen molar-refractivity contribution in [1.29, 1.82) is 0 Å². The summed E-state index contributed by atoms with van der Waals surface area (Å²) >= 11 is 0.622. The van der Waals surface area contributed by atoms with E-state index < -0.39 is 62.9 Å². The van der Waals surface area contributed by atoms with Gasteiger partial charge in [0.05, 0.1) is 16.6 Å². The Morgan fingerprint density at radius 2 is 1.93 bits per heavy atom. The molecule has 0 radical (unpaired) electrons. The molecule has 0 aliphatic carbocycles. The highest BCUT2D eigenvalue weighted by Crippen LogP contribution is 2.32. The van der Waals surface area contributed by atoms with Gasteiger partial charge < -0.3 is 0 Å². The van der Waals surface area contributed by atoms with Crippen LogP contribution in [0, 0.1) is 12.7 Å². The van der Waals surface area contributed by atoms with Crippen LogP contribution in [0.3, 0.4) is 0 Å². The molecule has 1 saturated heterocycles. The molecule has 2 rings (SSSR count). The Bertz CT molecular complexity index is 798. The standard InChI is InChI=1S/C14H11F7N2O2S2/c1-6-2-7(15)8(3-9(6)27(25)12(18)11(16)17)22-13-23(5-14(19,20)21)10(24)4-26-13/h2-3,11-12H,4-5H2,1H3. The van der Waals surface area contributed by atoms with Crippen molar-refractivity contribution < 1.29 is 39.7 Å². The number of alkyl halides is 6. The van der Waals surface area contributed by atoms with Gasteiger partial charge in [0.15, 0.2) is 5.17 Å². The van der Waals surface area contributed by atoms with Crippen molar-refractivity contribution in [2.24, 2.45) is 4.99 Å². The molecular weight excluding hydrogens is 425 g/mol. The van der Waals surface area contributed by atoms with E-state index in [0.29, 0.717) is 16.7 Å². The van der Waals surface area contributed by atoms with Gasteiger partial charge in [-0.1, -0.05) is 11.8 Å². The highest BCUT2D eigenvalue weighted by atomic mass is 32.2. The lowest BCUT2D eigenvalue weighted by atomic mass is 10.2. The van der Waals surface area contributed by atoms with Crippen molar-refractivity contribution in [3.05, 3.63) is 23.5 Å². The number of rotatable bonds is 5. The predicted molar refractivity (Wildman–Crippen MR) is 85.8 cm³/mol. The highest BCUT2D eigenvalue weighted by molar-refractivity contribution is 8.15. The Morgan fingerprint density at radius 3 is 2.48 bits per heavy atom. The van der Waals surface area contributed by atoms with Gasteiger partial charge in [-0.3, -0.25) is 13.9 Å². The van der Waals surface area contributed by atoms with Crippen LogP contribution in [0.5, 0.6) is 0 Å². The van der Waals surface area contributed by atoms with E-state index in [2.05, 4.69) is 4.99 Å². The monoisotopic (exact) mass is 436 g/mol. The molecule has 2 atom stereocenters. The summed E-state index contributed by atoms with van der Waals surface area (Å²) in [5.41, 5.74) is -3.77. The van der Waals surface area contributed by atoms with Gasteiger partial charge in [0.1, 0.15) is 18.0 Å². The molecule has 0 bridgehead atoms. The summed E-state index contributed by atoms with van der Waals surface area (Å²) in [7, 11) is -2.84. The fraction of sp³-hybridized carbons (Fsp3) is 0.429. The molecular formula is C14H11F7N2O2S2. The summed E-state index contributed by atoms with van der Waals surface area (Å²) in [6.07, 6.45) is -8.27. The van der Waals surface area contributed by atoms with Crippen LogP contribution < -0.4 is 0 Å². The van der Waals surface area contributed by atoms with E-state index in [1.807, 2.05) is 0 Å². The lowest BCUT2D eigenvalue weighted by Gasteiger charge is -2.18. The normalized spacial score (nSPS) is 19.2. The Morgan fingerprint density at radius 1 is 1.30 bits per heavy atom. The van der Waals surface area contributed by atoms with Crippen LogP contribution in [-0.2, 0) is 15.6 Å². The second kappa shape index (κ2) is 8.17. The molecule has 150 valence electrons. The first-order valence-corrected chi connectivity index (χ1v) is 9.32. The zero-order valence-electron chi connectivity index (χ0n) is 13.4. The molecule has 0 saturated carbocycles. The summed E-state index contributed by atoms with van der Waals surface area (Å²) < 4.78 is 102. The number of nitrogens with zero attached hydrogens (tertiary/aromatic N) is 2. The maximum absolute atomic E-state index is 14.1. The van der Waals surface area contributed by atoms with E-state index in [9.17, 15) is 39.7 Å². The largest absolute Gasteiger partial charge is 0.406 e. The third-order valence-electron chi connectivity index (χ3n) is 3.27. The summed E-state index contributed by atoms with van der Waals surface area (Å²) in [6.45, 7) is -0.433. The van der Waals surface area contributed by atoms with Crippen LogP contribution in [0.4, 0.5) is 36.4 Å². The SMILES string of the molecule is Cc1cc(F)c(N=C2SCC(=O)N2CC(F)(F)F)cc1S(=O)C(F)C(F)F. The number of benzene rings is 1. The fourth-order valence-corrected chi connectivity index (χ4v) is 4.01. The molecule has 0 N–H and O–H groups in total. The summed E-state index contributed by atoms with van der Waals surface area (Å²) in [6, 6.07) is 1.47. The van der Waals surface area contributed by atoms with Crippen LogP contribution in [0.1, 0.15) is 5.56 Å². The van der Waals surface area contributed by atoms with Gasteiger partial charge in [0.25, 0.3) is 6.43 Å². The van der Waals surface area contributed by atoms with E-state index in [0.717, 1.165) is 12.1 Å². The van der Waals surface area contributed by atoms with Crippen LogP contribution >= 0.6 is 11.8 Å². The number of carbonyl (C=O) groups excluding carboxylic acids is 1. The van der Waals surface area contributed by atoms with Gasteiger partial charge in [-0.2, -0.15) is 13.2 Å². The van der Waals surface area contributed by atoms with Crippen molar-refractivity contribution in [1.82, 2.24) is 4.90 Å². The number of thioether (sulfide) groups is 1. The Hall–Kier alpha value is -1.63. The third kappa shape index (κ3) is 5.21. The first kappa shape index (κ1) is 21.7. The molecule has 27 heavy (non-hydrogen) atoms. The molecule has 1 aromatic carbocycles. The molecule has 2 unspecified atom stereocenters. The molecule has 1 aliphatic rings. The number of aliphatic imine (C=N–C) groups is 1. The molecule has 1 aliphatic heterocycles. The van der Waals surface area contributed by atoms with E-state index >= 15 is 0 Å². The first-order valence-electron chi connectivity index (χ1n) is 7.12. The van der Waals surface area contributed by atoms with Crippen molar-refractivity contribution in [2.75, 3.05) is 12.3 Å². The fourth-order valence-electron chi connectivity index (χ4n) is 2.08. The number of hydrogen-bond acceptors (Lipinski definition) is 4. The molecule has 1 heterocycles. The number of halogens is 7. The zero-order valence-corrected chi connectivity index (χ0v) is 15.0. The van der Waals surface area contributed by atoms with Gasteiger partial charge in [-0.25, -0.2) is 22.6 Å². The second-order valence-corrected chi connectivity index (χ2v) is 7.76. The van der Waals surface area contributed by atoms with E-state index in [4.69, 9.17) is 0 Å². The van der Waals surface area contributed by atoms with Gasteiger partial charge in [0, 0.05) is 4.90 Å². The zero-order chi connectivity index (χ0) is 20.5. The topological polar surface area (TPSA) is 49.7 Å². The lowest BCUT2D eigenvalue weighted by molar-refractivity contribution is -0.150. The van der Waals surface area contributed by atoms with Crippen molar-refractivity contribution in [2.45, 2.75) is 29.9 Å². The molecule has 0 spiro atoms. The Labute approximate surface area is 155 Å². The molecule has 0 aromatic heterocycles. The molecule has 1 fully saturated rings.